The molecule has 0 bridgehead atoms. The Morgan fingerprint density at radius 3 is 2.48 bits per heavy atom. The third kappa shape index (κ3) is 10.00. The van der Waals surface area contributed by atoms with Crippen molar-refractivity contribution in [1.82, 2.24) is 15.5 Å². The van der Waals surface area contributed by atoms with Crippen molar-refractivity contribution in [3.05, 3.63) is 29.8 Å². The SMILES string of the molecule is CCNC(=NCC(C)(C)N1CCOCC1)NCCCCOc1ccc(C)cc1.I. The van der Waals surface area contributed by atoms with E-state index in [1.54, 1.807) is 0 Å². The number of aryl methyl sites for hydroxylation is 1. The Balaban J connectivity index is 0.00000420. The van der Waals surface area contributed by atoms with Gasteiger partial charge in [0.2, 0.25) is 0 Å². The fraction of sp³-hybridized carbons (Fsp3) is 0.682. The molecule has 2 N–H and O–H groups in total. The number of nitrogens with one attached hydrogen (secondary N) is 2. The molecule has 1 saturated heterocycles. The molecule has 0 atom stereocenters. The van der Waals surface area contributed by atoms with Gasteiger partial charge < -0.3 is 20.1 Å². The average molecular weight is 518 g/mol. The molecule has 0 unspecified atom stereocenters. The van der Waals surface area contributed by atoms with Crippen LogP contribution < -0.4 is 15.4 Å². The molecule has 1 aliphatic heterocycles. The maximum absolute atomic E-state index is 5.79. The quantitative estimate of drug-likeness (QED) is 0.215. The Labute approximate surface area is 193 Å². The molecule has 0 spiro atoms. The summed E-state index contributed by atoms with van der Waals surface area (Å²) in [6, 6.07) is 8.21. The molecular formula is C22H39IN4O2. The summed E-state index contributed by atoms with van der Waals surface area (Å²) < 4.78 is 11.3. The first-order chi connectivity index (χ1) is 13.5. The third-order valence-electron chi connectivity index (χ3n) is 4.99. The molecular weight excluding hydrogens is 479 g/mol. The molecule has 29 heavy (non-hydrogen) atoms. The molecule has 0 radical (unpaired) electrons. The van der Waals surface area contributed by atoms with E-state index in [9.17, 15) is 0 Å². The molecule has 2 rings (SSSR count). The molecule has 1 aliphatic rings. The van der Waals surface area contributed by atoms with Gasteiger partial charge in [-0.15, -0.1) is 24.0 Å². The van der Waals surface area contributed by atoms with Crippen LogP contribution >= 0.6 is 24.0 Å². The zero-order valence-electron chi connectivity index (χ0n) is 18.5. The first kappa shape index (κ1) is 26.0. The number of hydrogen-bond donors (Lipinski definition) is 2. The summed E-state index contributed by atoms with van der Waals surface area (Å²) in [5.74, 6) is 1.84. The highest BCUT2D eigenvalue weighted by atomic mass is 127. The smallest absolute Gasteiger partial charge is 0.191 e. The second-order valence-corrected chi connectivity index (χ2v) is 7.90. The van der Waals surface area contributed by atoms with Gasteiger partial charge in [-0.2, -0.15) is 0 Å². The van der Waals surface area contributed by atoms with Crippen LogP contribution in [0.1, 0.15) is 39.2 Å². The van der Waals surface area contributed by atoms with E-state index in [-0.39, 0.29) is 29.5 Å². The van der Waals surface area contributed by atoms with Crippen molar-refractivity contribution in [1.29, 1.82) is 0 Å². The maximum Gasteiger partial charge on any atom is 0.191 e. The Morgan fingerprint density at radius 1 is 1.14 bits per heavy atom. The lowest BCUT2D eigenvalue weighted by Crippen LogP contribution is -2.52. The van der Waals surface area contributed by atoms with Crippen LogP contribution in [0, 0.1) is 6.92 Å². The fourth-order valence-electron chi connectivity index (χ4n) is 3.14. The number of guanidine groups is 1. The van der Waals surface area contributed by atoms with Crippen molar-refractivity contribution in [3.63, 3.8) is 0 Å². The number of morpholine rings is 1. The molecule has 1 fully saturated rings. The fourth-order valence-corrected chi connectivity index (χ4v) is 3.14. The van der Waals surface area contributed by atoms with E-state index in [1.807, 2.05) is 12.1 Å². The van der Waals surface area contributed by atoms with Gasteiger partial charge >= 0.3 is 0 Å². The topological polar surface area (TPSA) is 58.1 Å². The van der Waals surface area contributed by atoms with Gasteiger partial charge in [-0.1, -0.05) is 17.7 Å². The molecule has 1 heterocycles. The van der Waals surface area contributed by atoms with Crippen LogP contribution in [0.15, 0.2) is 29.3 Å². The van der Waals surface area contributed by atoms with Gasteiger partial charge in [-0.25, -0.2) is 0 Å². The lowest BCUT2D eigenvalue weighted by molar-refractivity contribution is -0.00683. The summed E-state index contributed by atoms with van der Waals surface area (Å²) in [5.41, 5.74) is 1.29. The minimum atomic E-state index is 0. The second kappa shape index (κ2) is 14.0. The van der Waals surface area contributed by atoms with Crippen LogP contribution in [0.3, 0.4) is 0 Å². The highest BCUT2D eigenvalue weighted by Crippen LogP contribution is 2.16. The van der Waals surface area contributed by atoms with E-state index in [0.29, 0.717) is 0 Å². The zero-order valence-corrected chi connectivity index (χ0v) is 20.8. The minimum Gasteiger partial charge on any atom is -0.494 e. The number of hydrogen-bond acceptors (Lipinski definition) is 4. The summed E-state index contributed by atoms with van der Waals surface area (Å²) in [5, 5.41) is 6.79. The summed E-state index contributed by atoms with van der Waals surface area (Å²) in [7, 11) is 0. The van der Waals surface area contributed by atoms with E-state index in [0.717, 1.165) is 77.1 Å². The van der Waals surface area contributed by atoms with Crippen LogP contribution in [-0.2, 0) is 4.74 Å². The number of benzene rings is 1. The van der Waals surface area contributed by atoms with E-state index < -0.39 is 0 Å². The lowest BCUT2D eigenvalue weighted by atomic mass is 10.0. The second-order valence-electron chi connectivity index (χ2n) is 7.90. The van der Waals surface area contributed by atoms with Crippen LogP contribution in [-0.4, -0.2) is 68.9 Å². The Hall–Kier alpha value is -1.06. The predicted octanol–water partition coefficient (Wildman–Crippen LogP) is 3.44. The van der Waals surface area contributed by atoms with Crippen molar-refractivity contribution in [2.45, 2.75) is 46.1 Å². The molecule has 6 nitrogen and oxygen atoms in total. The van der Waals surface area contributed by atoms with Gasteiger partial charge in [0.1, 0.15) is 5.75 Å². The normalized spacial score (nSPS) is 15.5. The molecule has 0 aromatic heterocycles. The van der Waals surface area contributed by atoms with Gasteiger partial charge in [-0.3, -0.25) is 9.89 Å². The lowest BCUT2D eigenvalue weighted by Gasteiger charge is -2.39. The van der Waals surface area contributed by atoms with Gasteiger partial charge in [0.25, 0.3) is 0 Å². The number of ether oxygens (including phenoxy) is 2. The number of aliphatic imine (C=N–C) groups is 1. The predicted molar refractivity (Wildman–Crippen MR) is 132 cm³/mol. The van der Waals surface area contributed by atoms with Gasteiger partial charge in [0.05, 0.1) is 26.4 Å². The molecule has 0 amide bonds. The number of halogens is 1. The molecule has 7 heteroatoms. The van der Waals surface area contributed by atoms with E-state index >= 15 is 0 Å². The van der Waals surface area contributed by atoms with Crippen LogP contribution in [0.4, 0.5) is 0 Å². The van der Waals surface area contributed by atoms with Crippen LogP contribution in [0.5, 0.6) is 5.75 Å². The molecule has 0 aliphatic carbocycles. The molecule has 0 saturated carbocycles. The van der Waals surface area contributed by atoms with E-state index in [1.165, 1.54) is 5.56 Å². The van der Waals surface area contributed by atoms with Gasteiger partial charge in [0, 0.05) is 31.7 Å². The summed E-state index contributed by atoms with van der Waals surface area (Å²) >= 11 is 0. The van der Waals surface area contributed by atoms with E-state index in [2.05, 4.69) is 55.4 Å². The Kier molecular flexibility index (Phi) is 12.6. The number of unbranched alkanes of at least 4 members (excludes halogenated alkanes) is 1. The molecule has 1 aromatic carbocycles. The number of rotatable bonds is 10. The average Bonchev–Trinajstić information content (AvgIpc) is 2.70. The van der Waals surface area contributed by atoms with Crippen LogP contribution in [0.2, 0.25) is 0 Å². The van der Waals surface area contributed by atoms with Crippen molar-refractivity contribution in [2.24, 2.45) is 4.99 Å². The monoisotopic (exact) mass is 518 g/mol. The highest BCUT2D eigenvalue weighted by molar-refractivity contribution is 14.0. The minimum absolute atomic E-state index is 0. The Morgan fingerprint density at radius 2 is 1.83 bits per heavy atom. The van der Waals surface area contributed by atoms with Crippen molar-refractivity contribution >= 4 is 29.9 Å². The van der Waals surface area contributed by atoms with E-state index in [4.69, 9.17) is 14.5 Å². The van der Waals surface area contributed by atoms with Crippen molar-refractivity contribution in [2.75, 3.05) is 52.5 Å². The number of nitrogens with zero attached hydrogens (tertiary/aromatic N) is 2. The molecule has 166 valence electrons. The van der Waals surface area contributed by atoms with Crippen LogP contribution in [0.25, 0.3) is 0 Å². The molecule has 1 aromatic rings. The third-order valence-corrected chi connectivity index (χ3v) is 4.99. The summed E-state index contributed by atoms with van der Waals surface area (Å²) in [4.78, 5) is 7.28. The standard InChI is InChI=1S/C22H38N4O2.HI/c1-5-23-21(25-18-22(3,4)26-13-16-27-17-14-26)24-12-6-7-15-28-20-10-8-19(2)9-11-20;/h8-11H,5-7,12-18H2,1-4H3,(H2,23,24,25);1H. The Bertz CT molecular complexity index is 587. The van der Waals surface area contributed by atoms with Crippen molar-refractivity contribution < 1.29 is 9.47 Å². The summed E-state index contributed by atoms with van der Waals surface area (Å²) in [6.45, 7) is 15.5. The van der Waals surface area contributed by atoms with Gasteiger partial charge in [-0.05, 0) is 52.7 Å². The largest absolute Gasteiger partial charge is 0.494 e. The zero-order chi connectivity index (χ0) is 20.2. The summed E-state index contributed by atoms with van der Waals surface area (Å²) in [6.07, 6.45) is 2.06. The van der Waals surface area contributed by atoms with Crippen molar-refractivity contribution in [3.8, 4) is 5.75 Å². The first-order valence-corrected chi connectivity index (χ1v) is 10.6. The maximum atomic E-state index is 5.79. The first-order valence-electron chi connectivity index (χ1n) is 10.6. The van der Waals surface area contributed by atoms with Gasteiger partial charge in [0.15, 0.2) is 5.96 Å². The highest BCUT2D eigenvalue weighted by Gasteiger charge is 2.28.